The highest BCUT2D eigenvalue weighted by Gasteiger charge is 2.20. The van der Waals surface area contributed by atoms with E-state index >= 15 is 0 Å². The zero-order chi connectivity index (χ0) is 18.5. The van der Waals surface area contributed by atoms with Gasteiger partial charge in [-0.1, -0.05) is 24.3 Å². The fourth-order valence-electron chi connectivity index (χ4n) is 2.59. The normalized spacial score (nSPS) is 11.5. The van der Waals surface area contributed by atoms with E-state index in [1.807, 2.05) is 42.5 Å². The second kappa shape index (κ2) is 7.45. The number of amides is 2. The first-order valence-corrected chi connectivity index (χ1v) is 8.02. The first kappa shape index (κ1) is 17.1. The van der Waals surface area contributed by atoms with Crippen LogP contribution in [0, 0.1) is 11.3 Å². The van der Waals surface area contributed by atoms with Crippen molar-refractivity contribution in [1.29, 1.82) is 5.26 Å². The molecule has 0 bridgehead atoms. The molecule has 1 aromatic heterocycles. The molecule has 0 aliphatic carbocycles. The summed E-state index contributed by atoms with van der Waals surface area (Å²) in [6.07, 6.45) is 0.197. The van der Waals surface area contributed by atoms with Crippen molar-refractivity contribution in [3.63, 3.8) is 0 Å². The number of aromatic nitrogens is 1. The minimum Gasteiger partial charge on any atom is -0.368 e. The lowest BCUT2D eigenvalue weighted by atomic mass is 10.1. The number of benzene rings is 2. The van der Waals surface area contributed by atoms with E-state index in [4.69, 9.17) is 11.0 Å². The topological polar surface area (TPSA) is 109 Å². The molecule has 3 N–H and O–H groups in total. The zero-order valence-corrected chi connectivity index (χ0v) is 13.8. The van der Waals surface area contributed by atoms with Crippen molar-refractivity contribution in [2.75, 3.05) is 0 Å². The van der Waals surface area contributed by atoms with Gasteiger partial charge in [-0.05, 0) is 36.4 Å². The number of primary amides is 1. The second-order valence-electron chi connectivity index (χ2n) is 5.82. The maximum absolute atomic E-state index is 12.3. The van der Waals surface area contributed by atoms with Crippen LogP contribution in [0.15, 0.2) is 60.7 Å². The number of pyridine rings is 1. The fraction of sp³-hybridized carbons (Fsp3) is 0.100. The van der Waals surface area contributed by atoms with Crippen molar-refractivity contribution in [3.05, 3.63) is 77.5 Å². The molecule has 26 heavy (non-hydrogen) atoms. The van der Waals surface area contributed by atoms with Crippen LogP contribution in [-0.4, -0.2) is 22.8 Å². The van der Waals surface area contributed by atoms with Gasteiger partial charge in [-0.2, -0.15) is 5.26 Å². The Bertz CT molecular complexity index is 1010. The third kappa shape index (κ3) is 3.84. The third-order valence-electron chi connectivity index (χ3n) is 3.99. The lowest BCUT2D eigenvalue weighted by molar-refractivity contribution is -0.119. The number of nitrogens with zero attached hydrogens (tertiary/aromatic N) is 2. The molecule has 0 radical (unpaired) electrons. The summed E-state index contributed by atoms with van der Waals surface area (Å²) in [7, 11) is 0. The second-order valence-corrected chi connectivity index (χ2v) is 5.82. The van der Waals surface area contributed by atoms with Gasteiger partial charge in [-0.3, -0.25) is 14.6 Å². The molecule has 0 spiro atoms. The van der Waals surface area contributed by atoms with E-state index in [0.29, 0.717) is 16.8 Å². The number of fused-ring (bicyclic) bond motifs is 1. The van der Waals surface area contributed by atoms with Crippen LogP contribution in [0.1, 0.15) is 21.6 Å². The molecule has 128 valence electrons. The predicted octanol–water partition coefficient (Wildman–Crippen LogP) is 1.93. The number of rotatable bonds is 5. The van der Waals surface area contributed by atoms with E-state index < -0.39 is 17.9 Å². The SMILES string of the molecule is N#Cc1ccc(C(=O)N[C@@H](Cc2ccc3ccccc3n2)C(N)=O)cc1. The highest BCUT2D eigenvalue weighted by atomic mass is 16.2. The Balaban J connectivity index is 1.76. The van der Waals surface area contributed by atoms with E-state index in [-0.39, 0.29) is 6.42 Å². The van der Waals surface area contributed by atoms with Crippen molar-refractivity contribution < 1.29 is 9.59 Å². The van der Waals surface area contributed by atoms with Crippen LogP contribution in [0.5, 0.6) is 0 Å². The first-order chi connectivity index (χ1) is 12.6. The molecule has 0 saturated carbocycles. The van der Waals surface area contributed by atoms with Crippen molar-refractivity contribution in [1.82, 2.24) is 10.3 Å². The number of para-hydroxylation sites is 1. The molecule has 0 unspecified atom stereocenters. The van der Waals surface area contributed by atoms with Crippen LogP contribution in [-0.2, 0) is 11.2 Å². The minimum atomic E-state index is -0.883. The maximum Gasteiger partial charge on any atom is 0.251 e. The van der Waals surface area contributed by atoms with Gasteiger partial charge in [0.1, 0.15) is 6.04 Å². The lowest BCUT2D eigenvalue weighted by Crippen LogP contribution is -2.46. The molecule has 1 atom stereocenters. The Morgan fingerprint density at radius 2 is 1.81 bits per heavy atom. The molecular weight excluding hydrogens is 328 g/mol. The first-order valence-electron chi connectivity index (χ1n) is 8.02. The van der Waals surface area contributed by atoms with Gasteiger partial charge in [-0.25, -0.2) is 0 Å². The number of carbonyl (C=O) groups is 2. The van der Waals surface area contributed by atoms with Gasteiger partial charge in [0.15, 0.2) is 0 Å². The van der Waals surface area contributed by atoms with Crippen LogP contribution in [0.2, 0.25) is 0 Å². The number of carbonyl (C=O) groups excluding carboxylic acids is 2. The van der Waals surface area contributed by atoms with Crippen LogP contribution < -0.4 is 11.1 Å². The number of hydrogen-bond acceptors (Lipinski definition) is 4. The highest BCUT2D eigenvalue weighted by molar-refractivity contribution is 5.97. The van der Waals surface area contributed by atoms with Gasteiger partial charge < -0.3 is 11.1 Å². The fourth-order valence-corrected chi connectivity index (χ4v) is 2.59. The van der Waals surface area contributed by atoms with Crippen LogP contribution >= 0.6 is 0 Å². The van der Waals surface area contributed by atoms with Gasteiger partial charge in [0.25, 0.3) is 5.91 Å². The monoisotopic (exact) mass is 344 g/mol. The molecule has 0 saturated heterocycles. The predicted molar refractivity (Wildman–Crippen MR) is 97.1 cm³/mol. The Kier molecular flexibility index (Phi) is 4.90. The Labute approximate surface area is 150 Å². The molecule has 3 rings (SSSR count). The minimum absolute atomic E-state index is 0.197. The molecule has 6 heteroatoms. The third-order valence-corrected chi connectivity index (χ3v) is 3.99. The van der Waals surface area contributed by atoms with Gasteiger partial charge in [0, 0.05) is 23.1 Å². The molecule has 2 amide bonds. The summed E-state index contributed by atoms with van der Waals surface area (Å²) in [6, 6.07) is 18.6. The van der Waals surface area contributed by atoms with Crippen molar-refractivity contribution >= 4 is 22.7 Å². The van der Waals surface area contributed by atoms with E-state index in [1.54, 1.807) is 12.1 Å². The summed E-state index contributed by atoms with van der Waals surface area (Å²) in [6.45, 7) is 0. The smallest absolute Gasteiger partial charge is 0.251 e. The number of nitrogens with two attached hydrogens (primary N) is 1. The quantitative estimate of drug-likeness (QED) is 0.737. The molecule has 2 aromatic carbocycles. The number of nitrogens with one attached hydrogen (secondary N) is 1. The molecular formula is C20H16N4O2. The van der Waals surface area contributed by atoms with E-state index in [0.717, 1.165) is 10.9 Å². The highest BCUT2D eigenvalue weighted by Crippen LogP contribution is 2.13. The van der Waals surface area contributed by atoms with Gasteiger partial charge in [0.2, 0.25) is 5.91 Å². The standard InChI is InChI=1S/C20H16N4O2/c21-12-13-5-7-15(8-6-13)20(26)24-18(19(22)25)11-16-10-9-14-3-1-2-4-17(14)23-16/h1-10,18H,11H2,(H2,22,25)(H,24,26)/t18-/m0/s1. The largest absolute Gasteiger partial charge is 0.368 e. The Morgan fingerprint density at radius 3 is 2.50 bits per heavy atom. The summed E-state index contributed by atoms with van der Waals surface area (Å²) < 4.78 is 0. The number of hydrogen-bond donors (Lipinski definition) is 2. The maximum atomic E-state index is 12.3. The van der Waals surface area contributed by atoms with E-state index in [1.165, 1.54) is 12.1 Å². The summed E-state index contributed by atoms with van der Waals surface area (Å²) >= 11 is 0. The summed E-state index contributed by atoms with van der Waals surface area (Å²) in [5, 5.41) is 12.4. The van der Waals surface area contributed by atoms with Gasteiger partial charge >= 0.3 is 0 Å². The van der Waals surface area contributed by atoms with Crippen LogP contribution in [0.4, 0.5) is 0 Å². The van der Waals surface area contributed by atoms with Crippen molar-refractivity contribution in [3.8, 4) is 6.07 Å². The van der Waals surface area contributed by atoms with Crippen molar-refractivity contribution in [2.24, 2.45) is 5.73 Å². The molecule has 0 aliphatic rings. The van der Waals surface area contributed by atoms with Crippen molar-refractivity contribution in [2.45, 2.75) is 12.5 Å². The molecule has 6 nitrogen and oxygen atoms in total. The van der Waals surface area contributed by atoms with Crippen LogP contribution in [0.3, 0.4) is 0 Å². The Hall–Kier alpha value is -3.72. The molecule has 0 aliphatic heterocycles. The van der Waals surface area contributed by atoms with Gasteiger partial charge in [0.05, 0.1) is 17.1 Å². The average Bonchev–Trinajstić information content (AvgIpc) is 2.67. The number of nitriles is 1. The average molecular weight is 344 g/mol. The van der Waals surface area contributed by atoms with E-state index in [9.17, 15) is 9.59 Å². The Morgan fingerprint density at radius 1 is 1.08 bits per heavy atom. The summed E-state index contributed by atoms with van der Waals surface area (Å²) in [5.41, 5.74) is 7.72. The summed E-state index contributed by atoms with van der Waals surface area (Å²) in [5.74, 6) is -1.07. The summed E-state index contributed by atoms with van der Waals surface area (Å²) in [4.78, 5) is 28.6. The molecule has 0 fully saturated rings. The van der Waals surface area contributed by atoms with Gasteiger partial charge in [-0.15, -0.1) is 0 Å². The lowest BCUT2D eigenvalue weighted by Gasteiger charge is -2.15. The van der Waals surface area contributed by atoms with E-state index in [2.05, 4.69) is 10.3 Å². The molecule has 3 aromatic rings. The zero-order valence-electron chi connectivity index (χ0n) is 13.8. The molecule has 1 heterocycles. The van der Waals surface area contributed by atoms with Crippen LogP contribution in [0.25, 0.3) is 10.9 Å².